The van der Waals surface area contributed by atoms with Crippen LogP contribution < -0.4 is 4.90 Å². The molecule has 0 spiro atoms. The zero-order chi connectivity index (χ0) is 22.8. The molecule has 2 fully saturated rings. The molecule has 0 saturated carbocycles. The van der Waals surface area contributed by atoms with Crippen molar-refractivity contribution in [2.24, 2.45) is 0 Å². The maximum atomic E-state index is 14.2. The molecule has 1 atom stereocenters. The van der Waals surface area contributed by atoms with E-state index in [0.717, 1.165) is 83.0 Å². The molecule has 1 aromatic heterocycles. The number of aryl methyl sites for hydroxylation is 1. The number of hydrogen-bond acceptors (Lipinski definition) is 5. The van der Waals surface area contributed by atoms with Crippen LogP contribution in [0.2, 0.25) is 0 Å². The number of para-hydroxylation sites is 1. The van der Waals surface area contributed by atoms with Gasteiger partial charge in [0.15, 0.2) is 5.69 Å². The molecule has 0 N–H and O–H groups in total. The first-order chi connectivity index (χ1) is 16.2. The summed E-state index contributed by atoms with van der Waals surface area (Å²) >= 11 is 1.92. The standard InChI is InChI=1S/C25H34FN5OS/c1-2-9-31-22-8-7-19(18-20(22)24(27-31)25(32)30-14-16-33-17-15-30)28-10-12-29(13-11-28)23-6-4-3-5-21(23)26/h3-6,19H,2,7-18H2,1H3. The number of nitrogens with zero attached hydrogens (tertiary/aromatic N) is 5. The van der Waals surface area contributed by atoms with E-state index < -0.39 is 0 Å². The Balaban J connectivity index is 1.31. The van der Waals surface area contributed by atoms with Crippen LogP contribution >= 0.6 is 11.8 Å². The van der Waals surface area contributed by atoms with Gasteiger partial charge in [0.1, 0.15) is 5.82 Å². The predicted molar refractivity (Wildman–Crippen MR) is 132 cm³/mol. The van der Waals surface area contributed by atoms with Gasteiger partial charge in [0.05, 0.1) is 5.69 Å². The summed E-state index contributed by atoms with van der Waals surface area (Å²) in [7, 11) is 0. The first kappa shape index (κ1) is 22.7. The Kier molecular flexibility index (Phi) is 6.92. The summed E-state index contributed by atoms with van der Waals surface area (Å²) in [5, 5.41) is 4.85. The van der Waals surface area contributed by atoms with E-state index in [9.17, 15) is 9.18 Å². The number of halogens is 1. The lowest BCUT2D eigenvalue weighted by molar-refractivity contribution is 0.0763. The highest BCUT2D eigenvalue weighted by atomic mass is 32.2. The van der Waals surface area contributed by atoms with Gasteiger partial charge in [0.25, 0.3) is 5.91 Å². The summed E-state index contributed by atoms with van der Waals surface area (Å²) in [6, 6.07) is 7.48. The van der Waals surface area contributed by atoms with Crippen molar-refractivity contribution in [1.29, 1.82) is 0 Å². The third kappa shape index (κ3) is 4.64. The van der Waals surface area contributed by atoms with Gasteiger partial charge in [-0.15, -0.1) is 0 Å². The van der Waals surface area contributed by atoms with Gasteiger partial charge in [-0.05, 0) is 37.8 Å². The Hall–Kier alpha value is -2.06. The minimum Gasteiger partial charge on any atom is -0.367 e. The number of thioether (sulfide) groups is 1. The smallest absolute Gasteiger partial charge is 0.274 e. The number of carbonyl (C=O) groups is 1. The van der Waals surface area contributed by atoms with E-state index in [1.54, 1.807) is 6.07 Å². The molecule has 2 aromatic rings. The normalized spacial score (nSPS) is 21.8. The molecular formula is C25H34FN5OS. The molecule has 5 rings (SSSR count). The molecule has 1 aliphatic carbocycles. The van der Waals surface area contributed by atoms with E-state index in [1.165, 1.54) is 17.3 Å². The third-order valence-corrected chi connectivity index (χ3v) is 8.22. The number of amides is 1. The average molecular weight is 472 g/mol. The van der Waals surface area contributed by atoms with E-state index in [4.69, 9.17) is 5.10 Å². The Morgan fingerprint density at radius 2 is 1.88 bits per heavy atom. The minimum atomic E-state index is -0.143. The van der Waals surface area contributed by atoms with Gasteiger partial charge in [-0.1, -0.05) is 19.1 Å². The first-order valence-corrected chi connectivity index (χ1v) is 13.5. The summed E-state index contributed by atoms with van der Waals surface area (Å²) in [6.45, 7) is 8.18. The Morgan fingerprint density at radius 3 is 2.61 bits per heavy atom. The van der Waals surface area contributed by atoms with Crippen LogP contribution in [-0.2, 0) is 19.4 Å². The largest absolute Gasteiger partial charge is 0.367 e. The molecule has 6 nitrogen and oxygen atoms in total. The summed E-state index contributed by atoms with van der Waals surface area (Å²) in [5.74, 6) is 2.00. The Bertz CT molecular complexity index is 981. The molecule has 178 valence electrons. The number of fused-ring (bicyclic) bond motifs is 1. The van der Waals surface area contributed by atoms with E-state index in [-0.39, 0.29) is 11.7 Å². The lowest BCUT2D eigenvalue weighted by Crippen LogP contribution is -2.52. The first-order valence-electron chi connectivity index (χ1n) is 12.3. The Morgan fingerprint density at radius 1 is 1.12 bits per heavy atom. The van der Waals surface area contributed by atoms with Crippen molar-refractivity contribution in [2.75, 3.05) is 55.7 Å². The van der Waals surface area contributed by atoms with Crippen LogP contribution in [0.1, 0.15) is 41.5 Å². The number of aromatic nitrogens is 2. The van der Waals surface area contributed by atoms with E-state index in [0.29, 0.717) is 17.4 Å². The van der Waals surface area contributed by atoms with Gasteiger partial charge in [-0.3, -0.25) is 14.4 Å². The van der Waals surface area contributed by atoms with Crippen molar-refractivity contribution in [3.63, 3.8) is 0 Å². The van der Waals surface area contributed by atoms with Gasteiger partial charge >= 0.3 is 0 Å². The molecule has 1 unspecified atom stereocenters. The molecule has 1 aromatic carbocycles. The monoisotopic (exact) mass is 471 g/mol. The molecule has 2 aliphatic heterocycles. The fraction of sp³-hybridized carbons (Fsp3) is 0.600. The topological polar surface area (TPSA) is 44.6 Å². The maximum Gasteiger partial charge on any atom is 0.274 e. The molecule has 3 heterocycles. The minimum absolute atomic E-state index is 0.117. The van der Waals surface area contributed by atoms with Gasteiger partial charge in [0.2, 0.25) is 0 Å². The van der Waals surface area contributed by atoms with Gasteiger partial charge in [-0.2, -0.15) is 16.9 Å². The van der Waals surface area contributed by atoms with Gasteiger partial charge in [0, 0.05) is 74.6 Å². The van der Waals surface area contributed by atoms with Crippen molar-refractivity contribution in [1.82, 2.24) is 19.6 Å². The molecule has 3 aliphatic rings. The average Bonchev–Trinajstić information content (AvgIpc) is 3.22. The molecule has 0 bridgehead atoms. The second-order valence-electron chi connectivity index (χ2n) is 9.27. The highest BCUT2D eigenvalue weighted by Crippen LogP contribution is 2.30. The van der Waals surface area contributed by atoms with Crippen LogP contribution in [0.4, 0.5) is 10.1 Å². The second kappa shape index (κ2) is 10.1. The predicted octanol–water partition coefficient (Wildman–Crippen LogP) is 3.30. The quantitative estimate of drug-likeness (QED) is 0.670. The number of piperazine rings is 1. The van der Waals surface area contributed by atoms with E-state index in [2.05, 4.69) is 21.4 Å². The number of benzene rings is 1. The molecule has 33 heavy (non-hydrogen) atoms. The summed E-state index contributed by atoms with van der Waals surface area (Å²) < 4.78 is 16.3. The van der Waals surface area contributed by atoms with Crippen molar-refractivity contribution >= 4 is 23.4 Å². The van der Waals surface area contributed by atoms with Gasteiger partial charge in [-0.25, -0.2) is 4.39 Å². The fourth-order valence-electron chi connectivity index (χ4n) is 5.50. The van der Waals surface area contributed by atoms with Gasteiger partial charge < -0.3 is 9.80 Å². The fourth-order valence-corrected chi connectivity index (χ4v) is 6.41. The SMILES string of the molecule is CCCn1nc(C(=O)N2CCSCC2)c2c1CCC(N1CCN(c3ccccc3F)CC1)C2. The van der Waals surface area contributed by atoms with Crippen LogP contribution in [0.15, 0.2) is 24.3 Å². The van der Waals surface area contributed by atoms with E-state index >= 15 is 0 Å². The number of anilines is 1. The molecule has 1 amide bonds. The molecule has 0 radical (unpaired) electrons. The van der Waals surface area contributed by atoms with Crippen molar-refractivity contribution in [2.45, 2.75) is 45.2 Å². The zero-order valence-corrected chi connectivity index (χ0v) is 20.3. The number of carbonyl (C=O) groups excluding carboxylic acids is 1. The summed E-state index contributed by atoms with van der Waals surface area (Å²) in [5.41, 5.74) is 3.85. The van der Waals surface area contributed by atoms with Crippen LogP contribution in [0.5, 0.6) is 0 Å². The maximum absolute atomic E-state index is 14.2. The molecule has 2 saturated heterocycles. The highest BCUT2D eigenvalue weighted by Gasteiger charge is 2.34. The third-order valence-electron chi connectivity index (χ3n) is 7.28. The molecule has 8 heteroatoms. The highest BCUT2D eigenvalue weighted by molar-refractivity contribution is 7.99. The lowest BCUT2D eigenvalue weighted by Gasteiger charge is -2.41. The van der Waals surface area contributed by atoms with E-state index in [1.807, 2.05) is 28.8 Å². The number of hydrogen-bond donors (Lipinski definition) is 0. The zero-order valence-electron chi connectivity index (χ0n) is 19.5. The summed E-state index contributed by atoms with van der Waals surface area (Å²) in [6.07, 6.45) is 3.98. The lowest BCUT2D eigenvalue weighted by atomic mass is 9.89. The summed E-state index contributed by atoms with van der Waals surface area (Å²) in [4.78, 5) is 20.1. The van der Waals surface area contributed by atoms with Crippen LogP contribution in [-0.4, -0.2) is 82.3 Å². The van der Waals surface area contributed by atoms with Crippen molar-refractivity contribution in [3.8, 4) is 0 Å². The number of rotatable bonds is 5. The molecular weight excluding hydrogens is 437 g/mol. The van der Waals surface area contributed by atoms with Crippen molar-refractivity contribution in [3.05, 3.63) is 47.0 Å². The second-order valence-corrected chi connectivity index (χ2v) is 10.5. The van der Waals surface area contributed by atoms with Crippen LogP contribution in [0, 0.1) is 5.82 Å². The van der Waals surface area contributed by atoms with Crippen molar-refractivity contribution < 1.29 is 9.18 Å². The van der Waals surface area contributed by atoms with Crippen LogP contribution in [0.3, 0.4) is 0 Å². The Labute approximate surface area is 200 Å². The van der Waals surface area contributed by atoms with Crippen LogP contribution in [0.25, 0.3) is 0 Å².